The third-order valence-electron chi connectivity index (χ3n) is 8.65. The number of nitrogens with one attached hydrogen (secondary N) is 2. The molecule has 0 spiro atoms. The van der Waals surface area contributed by atoms with E-state index in [0.717, 1.165) is 36.1 Å². The van der Waals surface area contributed by atoms with Crippen LogP contribution in [0.5, 0.6) is 0 Å². The number of amides is 4. The molecule has 0 aliphatic carbocycles. The number of imide groups is 1. The Kier molecular flexibility index (Phi) is 16.9. The fourth-order valence-electron chi connectivity index (χ4n) is 5.69. The van der Waals surface area contributed by atoms with Crippen molar-refractivity contribution >= 4 is 46.9 Å². The molecule has 2 aromatic carbocycles. The summed E-state index contributed by atoms with van der Waals surface area (Å²) in [6, 6.07) is 16.3. The summed E-state index contributed by atoms with van der Waals surface area (Å²) in [4.78, 5) is 66.7. The Morgan fingerprint density at radius 3 is 2.35 bits per heavy atom. The minimum Gasteiger partial charge on any atom is -0.346 e. The molecular weight excluding hydrogens is 625 g/mol. The maximum atomic E-state index is 13.7. The van der Waals surface area contributed by atoms with E-state index < -0.39 is 12.0 Å². The van der Waals surface area contributed by atoms with Crippen LogP contribution in [-0.2, 0) is 30.4 Å². The summed E-state index contributed by atoms with van der Waals surface area (Å²) in [5.41, 5.74) is 8.38. The van der Waals surface area contributed by atoms with Crippen molar-refractivity contribution in [2.45, 2.75) is 103 Å². The summed E-state index contributed by atoms with van der Waals surface area (Å²) in [5.74, 6) is 0.0314. The zero-order valence-corrected chi connectivity index (χ0v) is 29.7. The molecule has 48 heavy (non-hydrogen) atoms. The van der Waals surface area contributed by atoms with E-state index in [4.69, 9.17) is 5.73 Å². The number of hydrogen-bond acceptors (Lipinski definition) is 7. The van der Waals surface area contributed by atoms with Gasteiger partial charge in [-0.05, 0) is 81.4 Å². The maximum absolute atomic E-state index is 13.7. The first kappa shape index (κ1) is 38.9. The van der Waals surface area contributed by atoms with Crippen molar-refractivity contribution in [2.75, 3.05) is 24.2 Å². The van der Waals surface area contributed by atoms with Crippen LogP contribution in [0.25, 0.3) is 0 Å². The van der Waals surface area contributed by atoms with Gasteiger partial charge in [0.25, 0.3) is 0 Å². The fourth-order valence-corrected chi connectivity index (χ4v) is 7.11. The number of Topliss-reactive ketones (excluding diaryl/α,β-unsaturated/α-hetero) is 1. The first-order valence-electron chi connectivity index (χ1n) is 17.5. The Balaban J connectivity index is 1.54. The van der Waals surface area contributed by atoms with Crippen molar-refractivity contribution in [1.29, 1.82) is 0 Å². The lowest BCUT2D eigenvalue weighted by Gasteiger charge is -2.22. The Bertz CT molecular complexity index is 1330. The van der Waals surface area contributed by atoms with Gasteiger partial charge in [0.1, 0.15) is 0 Å². The maximum Gasteiger partial charge on any atom is 0.242 e. The largest absolute Gasteiger partial charge is 0.346 e. The molecule has 2 aromatic rings. The number of likely N-dealkylation sites (tertiary alicyclic amines) is 1. The van der Waals surface area contributed by atoms with E-state index in [1.165, 1.54) is 4.90 Å². The summed E-state index contributed by atoms with van der Waals surface area (Å²) in [5, 5.41) is 5.62. The first-order valence-corrected chi connectivity index (χ1v) is 18.5. The molecule has 1 aliphatic heterocycles. The third kappa shape index (κ3) is 13.5. The topological polar surface area (TPSA) is 139 Å². The van der Waals surface area contributed by atoms with Crippen molar-refractivity contribution in [3.05, 3.63) is 65.7 Å². The molecule has 1 heterocycles. The van der Waals surface area contributed by atoms with Crippen molar-refractivity contribution in [1.82, 2.24) is 10.2 Å². The molecule has 0 bridgehead atoms. The number of rotatable bonds is 22. The lowest BCUT2D eigenvalue weighted by molar-refractivity contribution is -0.138. The number of nitrogens with two attached hydrogens (primary N) is 1. The van der Waals surface area contributed by atoms with E-state index in [9.17, 15) is 24.0 Å². The molecule has 0 radical (unpaired) electrons. The molecule has 1 aliphatic rings. The van der Waals surface area contributed by atoms with Crippen LogP contribution < -0.4 is 16.4 Å². The number of carbonyl (C=O) groups excluding carboxylic acids is 5. The monoisotopic (exact) mass is 678 g/mol. The molecular formula is C38H54N4O5S. The van der Waals surface area contributed by atoms with Gasteiger partial charge in [0.2, 0.25) is 23.6 Å². The van der Waals surface area contributed by atoms with Crippen LogP contribution in [0.15, 0.2) is 54.6 Å². The number of nitrogens with zero attached hydrogens (tertiary/aromatic N) is 1. The van der Waals surface area contributed by atoms with E-state index in [-0.39, 0.29) is 53.9 Å². The number of ketones is 1. The van der Waals surface area contributed by atoms with Gasteiger partial charge in [-0.2, -0.15) is 0 Å². The highest BCUT2D eigenvalue weighted by molar-refractivity contribution is 8.00. The summed E-state index contributed by atoms with van der Waals surface area (Å²) >= 11 is 1.57. The average Bonchev–Trinajstić information content (AvgIpc) is 3.32. The third-order valence-corrected chi connectivity index (χ3v) is 9.90. The summed E-state index contributed by atoms with van der Waals surface area (Å²) in [6.45, 7) is 7.14. The summed E-state index contributed by atoms with van der Waals surface area (Å²) in [6.07, 6.45) is 5.71. The standard InChI is InChI=1S/C38H54N4O5S/c1-27(2)20-23-48-34-26-36(45)42(38(34)47)22-11-5-8-15-35(44)41-32(24-29-12-6-4-7-13-29)33(43)25-30(14-9-10-21-39)37(46)40-31-18-16-28(3)17-19-31/h4,6-7,12-13,16-19,27,30,32,34H,5,8-11,14-15,20-26,39H2,1-3H3,(H,40,46)(H,41,44)/t30-,32+,34?/m1/s1. The van der Waals surface area contributed by atoms with E-state index in [0.29, 0.717) is 56.8 Å². The van der Waals surface area contributed by atoms with Gasteiger partial charge in [-0.25, -0.2) is 0 Å². The van der Waals surface area contributed by atoms with Gasteiger partial charge in [0, 0.05) is 37.4 Å². The number of hydrogen-bond donors (Lipinski definition) is 3. The Morgan fingerprint density at radius 2 is 1.67 bits per heavy atom. The smallest absolute Gasteiger partial charge is 0.242 e. The summed E-state index contributed by atoms with van der Waals surface area (Å²) in [7, 11) is 0. The zero-order chi connectivity index (χ0) is 34.9. The number of carbonyl (C=O) groups is 5. The SMILES string of the molecule is Cc1ccc(NC(=O)[C@H](CCCCN)CC(=O)[C@H](Cc2ccccc2)NC(=O)CCCCCN2C(=O)CC(SCCC(C)C)C2=O)cc1. The van der Waals surface area contributed by atoms with Crippen LogP contribution in [0.4, 0.5) is 5.69 Å². The van der Waals surface area contributed by atoms with E-state index in [1.807, 2.05) is 61.5 Å². The molecule has 9 nitrogen and oxygen atoms in total. The van der Waals surface area contributed by atoms with Crippen molar-refractivity contribution < 1.29 is 24.0 Å². The van der Waals surface area contributed by atoms with Gasteiger partial charge >= 0.3 is 0 Å². The number of aryl methyl sites for hydroxylation is 1. The molecule has 0 aromatic heterocycles. The number of thioether (sulfide) groups is 1. The quantitative estimate of drug-likeness (QED) is 0.105. The molecule has 10 heteroatoms. The molecule has 1 fully saturated rings. The molecule has 1 unspecified atom stereocenters. The molecule has 0 saturated carbocycles. The molecule has 3 atom stereocenters. The zero-order valence-electron chi connectivity index (χ0n) is 28.9. The fraction of sp³-hybridized carbons (Fsp3) is 0.553. The first-order chi connectivity index (χ1) is 23.1. The highest BCUT2D eigenvalue weighted by atomic mass is 32.2. The predicted octanol–water partition coefficient (Wildman–Crippen LogP) is 5.83. The summed E-state index contributed by atoms with van der Waals surface area (Å²) < 4.78 is 0. The van der Waals surface area contributed by atoms with Crippen molar-refractivity contribution in [3.8, 4) is 0 Å². The molecule has 1 saturated heterocycles. The molecule has 4 amide bonds. The minimum atomic E-state index is -0.769. The number of unbranched alkanes of at least 4 members (excludes halogenated alkanes) is 3. The van der Waals surface area contributed by atoms with Gasteiger partial charge in [0.15, 0.2) is 5.78 Å². The van der Waals surface area contributed by atoms with Gasteiger partial charge in [-0.15, -0.1) is 11.8 Å². The van der Waals surface area contributed by atoms with E-state index in [1.54, 1.807) is 11.8 Å². The number of anilines is 1. The van der Waals surface area contributed by atoms with Gasteiger partial charge in [-0.3, -0.25) is 28.9 Å². The van der Waals surface area contributed by atoms with Crippen LogP contribution in [0, 0.1) is 18.8 Å². The van der Waals surface area contributed by atoms with Crippen molar-refractivity contribution in [3.63, 3.8) is 0 Å². The normalized spacial score (nSPS) is 15.9. The molecule has 262 valence electrons. The highest BCUT2D eigenvalue weighted by Crippen LogP contribution is 2.27. The Labute approximate surface area is 290 Å². The van der Waals surface area contributed by atoms with E-state index >= 15 is 0 Å². The van der Waals surface area contributed by atoms with Gasteiger partial charge in [-0.1, -0.05) is 74.7 Å². The second-order valence-electron chi connectivity index (χ2n) is 13.3. The Hall–Kier alpha value is -3.50. The predicted molar refractivity (Wildman–Crippen MR) is 193 cm³/mol. The molecule has 3 rings (SSSR count). The lowest BCUT2D eigenvalue weighted by Crippen LogP contribution is -2.43. The Morgan fingerprint density at radius 1 is 0.938 bits per heavy atom. The van der Waals surface area contributed by atoms with Crippen LogP contribution in [0.3, 0.4) is 0 Å². The van der Waals surface area contributed by atoms with Crippen LogP contribution in [0.1, 0.15) is 89.2 Å². The van der Waals surface area contributed by atoms with E-state index in [2.05, 4.69) is 24.5 Å². The van der Waals surface area contributed by atoms with Crippen LogP contribution in [-0.4, -0.2) is 64.4 Å². The minimum absolute atomic E-state index is 0.00862. The van der Waals surface area contributed by atoms with Crippen LogP contribution >= 0.6 is 11.8 Å². The lowest BCUT2D eigenvalue weighted by atomic mass is 9.90. The number of benzene rings is 2. The highest BCUT2D eigenvalue weighted by Gasteiger charge is 2.38. The average molecular weight is 679 g/mol. The second-order valence-corrected chi connectivity index (χ2v) is 14.6. The molecule has 4 N–H and O–H groups in total. The van der Waals surface area contributed by atoms with Gasteiger partial charge in [0.05, 0.1) is 11.3 Å². The van der Waals surface area contributed by atoms with Gasteiger partial charge < -0.3 is 16.4 Å². The van der Waals surface area contributed by atoms with Crippen LogP contribution in [0.2, 0.25) is 0 Å². The second kappa shape index (κ2) is 20.8. The van der Waals surface area contributed by atoms with Crippen molar-refractivity contribution in [2.24, 2.45) is 17.6 Å².